The summed E-state index contributed by atoms with van der Waals surface area (Å²) in [4.78, 5) is 24.1. The lowest BCUT2D eigenvalue weighted by atomic mass is 10.1. The van der Waals surface area contributed by atoms with E-state index in [0.717, 1.165) is 27.6 Å². The van der Waals surface area contributed by atoms with E-state index in [1.807, 2.05) is 63.2 Å². The van der Waals surface area contributed by atoms with Gasteiger partial charge in [0.2, 0.25) is 0 Å². The van der Waals surface area contributed by atoms with Gasteiger partial charge in [-0.2, -0.15) is 0 Å². The molecule has 0 fully saturated rings. The lowest BCUT2D eigenvalue weighted by Crippen LogP contribution is -2.13. The second-order valence-electron chi connectivity index (χ2n) is 6.00. The van der Waals surface area contributed by atoms with Crippen LogP contribution >= 0.6 is 11.3 Å². The molecule has 1 amide bonds. The second-order valence-corrected chi connectivity index (χ2v) is 7.00. The molecule has 1 aromatic carbocycles. The van der Waals surface area contributed by atoms with Crippen LogP contribution < -0.4 is 10.2 Å². The molecule has 0 aliphatic carbocycles. The van der Waals surface area contributed by atoms with Gasteiger partial charge in [-0.15, -0.1) is 11.3 Å². The molecule has 0 spiro atoms. The van der Waals surface area contributed by atoms with Crippen molar-refractivity contribution in [2.45, 2.75) is 13.8 Å². The molecule has 0 saturated carbocycles. The summed E-state index contributed by atoms with van der Waals surface area (Å²) < 4.78 is 0. The van der Waals surface area contributed by atoms with Gasteiger partial charge in [0.05, 0.1) is 11.4 Å². The highest BCUT2D eigenvalue weighted by Gasteiger charge is 2.17. The highest BCUT2D eigenvalue weighted by molar-refractivity contribution is 7.17. The van der Waals surface area contributed by atoms with E-state index >= 15 is 0 Å². The highest BCUT2D eigenvalue weighted by atomic mass is 32.1. The summed E-state index contributed by atoms with van der Waals surface area (Å²) in [5.41, 5.74) is 4.42. The lowest BCUT2D eigenvalue weighted by molar-refractivity contribution is 0.102. The molecule has 0 radical (unpaired) electrons. The largest absolute Gasteiger partial charge is 0.378 e. The number of pyridine rings is 1. The van der Waals surface area contributed by atoms with Crippen molar-refractivity contribution >= 4 is 28.6 Å². The molecule has 3 rings (SSSR count). The molecule has 6 heteroatoms. The van der Waals surface area contributed by atoms with Gasteiger partial charge in [0.25, 0.3) is 5.91 Å². The fourth-order valence-corrected chi connectivity index (χ4v) is 3.39. The van der Waals surface area contributed by atoms with Gasteiger partial charge in [-0.05, 0) is 49.7 Å². The number of thiazole rings is 1. The molecule has 0 bridgehead atoms. The van der Waals surface area contributed by atoms with Crippen LogP contribution in [0.15, 0.2) is 42.6 Å². The SMILES string of the molecule is Cc1cc(N(C)C)ccc1NC(=O)c1sc(-c2ccccn2)nc1C. The Morgan fingerprint density at radius 3 is 2.60 bits per heavy atom. The molecule has 2 heterocycles. The van der Waals surface area contributed by atoms with Gasteiger partial charge in [0.1, 0.15) is 9.88 Å². The maximum Gasteiger partial charge on any atom is 0.267 e. The molecule has 1 N–H and O–H groups in total. The summed E-state index contributed by atoms with van der Waals surface area (Å²) in [6.45, 7) is 3.83. The van der Waals surface area contributed by atoms with Gasteiger partial charge in [-0.3, -0.25) is 9.78 Å². The van der Waals surface area contributed by atoms with E-state index in [9.17, 15) is 4.79 Å². The van der Waals surface area contributed by atoms with Crippen LogP contribution in [0.5, 0.6) is 0 Å². The van der Waals surface area contributed by atoms with E-state index in [1.54, 1.807) is 6.20 Å². The number of carbonyl (C=O) groups is 1. The number of aromatic nitrogens is 2. The van der Waals surface area contributed by atoms with Crippen LogP contribution in [0, 0.1) is 13.8 Å². The highest BCUT2D eigenvalue weighted by Crippen LogP contribution is 2.28. The van der Waals surface area contributed by atoms with E-state index in [2.05, 4.69) is 21.4 Å². The molecule has 0 aliphatic rings. The standard InChI is InChI=1S/C19H20N4OS/c1-12-11-14(23(3)4)8-9-15(12)22-18(24)17-13(2)21-19(25-17)16-7-5-6-10-20-16/h5-11H,1-4H3,(H,22,24). The number of anilines is 2. The maximum atomic E-state index is 12.7. The van der Waals surface area contributed by atoms with Gasteiger partial charge in [-0.25, -0.2) is 4.98 Å². The Bertz CT molecular complexity index is 903. The Balaban J connectivity index is 1.84. The van der Waals surface area contributed by atoms with Crippen LogP contribution in [-0.4, -0.2) is 30.0 Å². The molecule has 2 aromatic heterocycles. The van der Waals surface area contributed by atoms with Crippen molar-refractivity contribution < 1.29 is 4.79 Å². The normalized spacial score (nSPS) is 10.6. The van der Waals surface area contributed by atoms with Gasteiger partial charge in [0.15, 0.2) is 0 Å². The monoisotopic (exact) mass is 352 g/mol. The van der Waals surface area contributed by atoms with Gasteiger partial charge in [-0.1, -0.05) is 6.07 Å². The zero-order valence-corrected chi connectivity index (χ0v) is 15.5. The molecule has 128 valence electrons. The number of nitrogens with zero attached hydrogens (tertiary/aromatic N) is 3. The number of aryl methyl sites for hydroxylation is 2. The number of amides is 1. The first-order valence-electron chi connectivity index (χ1n) is 7.94. The van der Waals surface area contributed by atoms with Gasteiger partial charge < -0.3 is 10.2 Å². The number of benzene rings is 1. The Morgan fingerprint density at radius 2 is 1.96 bits per heavy atom. The summed E-state index contributed by atoms with van der Waals surface area (Å²) in [5, 5.41) is 3.74. The number of carbonyl (C=O) groups excluding carboxylic acids is 1. The third kappa shape index (κ3) is 3.69. The van der Waals surface area contributed by atoms with Gasteiger partial charge >= 0.3 is 0 Å². The van der Waals surface area contributed by atoms with Crippen LogP contribution in [0.25, 0.3) is 10.7 Å². The zero-order valence-electron chi connectivity index (χ0n) is 14.7. The summed E-state index contributed by atoms with van der Waals surface area (Å²) in [5.74, 6) is -0.141. The third-order valence-electron chi connectivity index (χ3n) is 3.86. The van der Waals surface area contributed by atoms with Crippen molar-refractivity contribution in [3.63, 3.8) is 0 Å². The lowest BCUT2D eigenvalue weighted by Gasteiger charge is -2.15. The Hall–Kier alpha value is -2.73. The Labute approximate surface area is 151 Å². The topological polar surface area (TPSA) is 58.1 Å². The number of nitrogens with one attached hydrogen (secondary N) is 1. The predicted octanol–water partition coefficient (Wildman–Crippen LogP) is 4.14. The van der Waals surface area contributed by atoms with Crippen LogP contribution in [0.2, 0.25) is 0 Å². The van der Waals surface area contributed by atoms with E-state index in [1.165, 1.54) is 11.3 Å². The fourth-order valence-electron chi connectivity index (χ4n) is 2.45. The first-order valence-corrected chi connectivity index (χ1v) is 8.75. The molecule has 3 aromatic rings. The first-order chi connectivity index (χ1) is 12.0. The minimum atomic E-state index is -0.141. The quantitative estimate of drug-likeness (QED) is 0.767. The van der Waals surface area contributed by atoms with Crippen molar-refractivity contribution in [1.29, 1.82) is 0 Å². The van der Waals surface area contributed by atoms with Crippen molar-refractivity contribution in [3.05, 3.63) is 58.7 Å². The number of rotatable bonds is 4. The molecule has 0 aliphatic heterocycles. The van der Waals surface area contributed by atoms with E-state index in [0.29, 0.717) is 10.6 Å². The number of hydrogen-bond acceptors (Lipinski definition) is 5. The fraction of sp³-hybridized carbons (Fsp3) is 0.211. The van der Waals surface area contributed by atoms with Crippen molar-refractivity contribution in [2.75, 3.05) is 24.3 Å². The molecule has 0 saturated heterocycles. The minimum Gasteiger partial charge on any atom is -0.378 e. The molecule has 0 atom stereocenters. The van der Waals surface area contributed by atoms with E-state index in [-0.39, 0.29) is 5.91 Å². The van der Waals surface area contributed by atoms with Crippen LogP contribution in [0.1, 0.15) is 20.9 Å². The summed E-state index contributed by atoms with van der Waals surface area (Å²) >= 11 is 1.36. The molecular weight excluding hydrogens is 332 g/mol. The second kappa shape index (κ2) is 7.03. The van der Waals surface area contributed by atoms with Crippen molar-refractivity contribution in [1.82, 2.24) is 9.97 Å². The maximum absolute atomic E-state index is 12.7. The van der Waals surface area contributed by atoms with E-state index < -0.39 is 0 Å². The number of hydrogen-bond donors (Lipinski definition) is 1. The summed E-state index contributed by atoms with van der Waals surface area (Å²) in [6, 6.07) is 11.6. The van der Waals surface area contributed by atoms with Gasteiger partial charge in [0, 0.05) is 31.7 Å². The zero-order chi connectivity index (χ0) is 18.0. The molecule has 25 heavy (non-hydrogen) atoms. The summed E-state index contributed by atoms with van der Waals surface area (Å²) in [6.07, 6.45) is 1.72. The van der Waals surface area contributed by atoms with Crippen LogP contribution in [-0.2, 0) is 0 Å². The van der Waals surface area contributed by atoms with Crippen molar-refractivity contribution in [2.24, 2.45) is 0 Å². The van der Waals surface area contributed by atoms with Crippen LogP contribution in [0.4, 0.5) is 11.4 Å². The first kappa shape index (κ1) is 17.1. The average molecular weight is 352 g/mol. The smallest absolute Gasteiger partial charge is 0.267 e. The average Bonchev–Trinajstić information content (AvgIpc) is 2.99. The summed E-state index contributed by atoms with van der Waals surface area (Å²) in [7, 11) is 3.99. The molecule has 5 nitrogen and oxygen atoms in total. The minimum absolute atomic E-state index is 0.141. The molecular formula is C19H20N4OS. The third-order valence-corrected chi connectivity index (χ3v) is 5.04. The van der Waals surface area contributed by atoms with Crippen molar-refractivity contribution in [3.8, 4) is 10.7 Å². The van der Waals surface area contributed by atoms with Crippen LogP contribution in [0.3, 0.4) is 0 Å². The predicted molar refractivity (Wildman–Crippen MR) is 104 cm³/mol. The Morgan fingerprint density at radius 1 is 1.16 bits per heavy atom. The Kier molecular flexibility index (Phi) is 4.81. The van der Waals surface area contributed by atoms with E-state index in [4.69, 9.17) is 0 Å². The molecule has 0 unspecified atom stereocenters.